The summed E-state index contributed by atoms with van der Waals surface area (Å²) in [7, 11) is 2.13. The van der Waals surface area contributed by atoms with Crippen molar-refractivity contribution in [3.63, 3.8) is 0 Å². The standard InChI is InChI=1S/C13H20ClN3/c1-17(12-6-4-2-3-5-7-12)13-10-15-11(8-14)9-16-13/h9-10,12H,2-8H2,1H3. The number of anilines is 1. The van der Waals surface area contributed by atoms with Crippen LogP contribution >= 0.6 is 11.6 Å². The van der Waals surface area contributed by atoms with E-state index in [0.29, 0.717) is 11.9 Å². The predicted octanol–water partition coefficient (Wildman–Crippen LogP) is 3.37. The molecule has 1 aliphatic carbocycles. The molecule has 0 aliphatic heterocycles. The van der Waals surface area contributed by atoms with Crippen molar-refractivity contribution in [2.75, 3.05) is 11.9 Å². The van der Waals surface area contributed by atoms with Gasteiger partial charge >= 0.3 is 0 Å². The number of hydrogen-bond donors (Lipinski definition) is 0. The largest absolute Gasteiger partial charge is 0.355 e. The van der Waals surface area contributed by atoms with E-state index >= 15 is 0 Å². The van der Waals surface area contributed by atoms with Gasteiger partial charge in [0, 0.05) is 13.1 Å². The van der Waals surface area contributed by atoms with Gasteiger partial charge in [-0.25, -0.2) is 4.98 Å². The minimum atomic E-state index is 0.431. The molecule has 0 unspecified atom stereocenters. The molecule has 1 saturated carbocycles. The van der Waals surface area contributed by atoms with Crippen molar-refractivity contribution >= 4 is 17.4 Å². The number of nitrogens with zero attached hydrogens (tertiary/aromatic N) is 3. The van der Waals surface area contributed by atoms with Gasteiger partial charge in [-0.15, -0.1) is 11.6 Å². The lowest BCUT2D eigenvalue weighted by atomic mass is 10.1. The summed E-state index contributed by atoms with van der Waals surface area (Å²) in [4.78, 5) is 11.0. The van der Waals surface area contributed by atoms with Gasteiger partial charge in [-0.3, -0.25) is 4.98 Å². The van der Waals surface area contributed by atoms with Crippen LogP contribution in [0.5, 0.6) is 0 Å². The van der Waals surface area contributed by atoms with E-state index in [0.717, 1.165) is 11.5 Å². The number of hydrogen-bond acceptors (Lipinski definition) is 3. The van der Waals surface area contributed by atoms with Crippen LogP contribution in [0.15, 0.2) is 12.4 Å². The first-order valence-electron chi connectivity index (χ1n) is 6.41. The Kier molecular flexibility index (Phi) is 4.60. The Morgan fingerprint density at radius 1 is 1.18 bits per heavy atom. The minimum absolute atomic E-state index is 0.431. The summed E-state index contributed by atoms with van der Waals surface area (Å²) in [5.74, 6) is 1.39. The molecule has 3 nitrogen and oxygen atoms in total. The zero-order chi connectivity index (χ0) is 12.1. The topological polar surface area (TPSA) is 29.0 Å². The molecular weight excluding hydrogens is 234 g/mol. The fraction of sp³-hybridized carbons (Fsp3) is 0.692. The first-order valence-corrected chi connectivity index (χ1v) is 6.94. The zero-order valence-electron chi connectivity index (χ0n) is 10.4. The number of aromatic nitrogens is 2. The van der Waals surface area contributed by atoms with Gasteiger partial charge in [0.25, 0.3) is 0 Å². The molecule has 0 saturated heterocycles. The van der Waals surface area contributed by atoms with Crippen molar-refractivity contribution < 1.29 is 0 Å². The van der Waals surface area contributed by atoms with E-state index in [-0.39, 0.29) is 0 Å². The Hall–Kier alpha value is -0.830. The van der Waals surface area contributed by atoms with Gasteiger partial charge < -0.3 is 4.90 Å². The highest BCUT2D eigenvalue weighted by atomic mass is 35.5. The molecule has 1 heterocycles. The molecule has 17 heavy (non-hydrogen) atoms. The molecule has 0 bridgehead atoms. The van der Waals surface area contributed by atoms with Crippen molar-refractivity contribution in [1.29, 1.82) is 0 Å². The second-order valence-electron chi connectivity index (χ2n) is 4.76. The first kappa shape index (κ1) is 12.6. The maximum atomic E-state index is 5.71. The van der Waals surface area contributed by atoms with Crippen LogP contribution in [0.4, 0.5) is 5.82 Å². The van der Waals surface area contributed by atoms with Crippen LogP contribution in [0.25, 0.3) is 0 Å². The van der Waals surface area contributed by atoms with E-state index in [1.165, 1.54) is 38.5 Å². The highest BCUT2D eigenvalue weighted by Gasteiger charge is 2.18. The quantitative estimate of drug-likeness (QED) is 0.611. The molecule has 0 aromatic carbocycles. The fourth-order valence-corrected chi connectivity index (χ4v) is 2.57. The Morgan fingerprint density at radius 3 is 2.41 bits per heavy atom. The number of alkyl halides is 1. The third kappa shape index (κ3) is 3.32. The Labute approximate surface area is 108 Å². The van der Waals surface area contributed by atoms with Crippen LogP contribution in [0, 0.1) is 0 Å². The normalized spacial score (nSPS) is 17.8. The maximum Gasteiger partial charge on any atom is 0.147 e. The van der Waals surface area contributed by atoms with E-state index in [1.807, 2.05) is 6.20 Å². The number of rotatable bonds is 3. The smallest absolute Gasteiger partial charge is 0.147 e. The third-order valence-electron chi connectivity index (χ3n) is 3.56. The minimum Gasteiger partial charge on any atom is -0.355 e. The van der Waals surface area contributed by atoms with Crippen LogP contribution in [0.2, 0.25) is 0 Å². The lowest BCUT2D eigenvalue weighted by Gasteiger charge is -2.27. The van der Waals surface area contributed by atoms with E-state index in [9.17, 15) is 0 Å². The highest BCUT2D eigenvalue weighted by molar-refractivity contribution is 6.16. The fourth-order valence-electron chi connectivity index (χ4n) is 2.43. The Bertz CT molecular complexity index is 331. The maximum absolute atomic E-state index is 5.71. The molecule has 1 aromatic heterocycles. The van der Waals surface area contributed by atoms with Crippen LogP contribution in [0.1, 0.15) is 44.2 Å². The summed E-state index contributed by atoms with van der Waals surface area (Å²) in [6.45, 7) is 0. The lowest BCUT2D eigenvalue weighted by Crippen LogP contribution is -2.31. The van der Waals surface area contributed by atoms with Gasteiger partial charge in [0.15, 0.2) is 0 Å². The second kappa shape index (κ2) is 6.20. The molecule has 2 rings (SSSR count). The average molecular weight is 254 g/mol. The van der Waals surface area contributed by atoms with Crippen LogP contribution < -0.4 is 4.90 Å². The molecule has 1 aromatic rings. The van der Waals surface area contributed by atoms with Crippen molar-refractivity contribution in [3.05, 3.63) is 18.1 Å². The van der Waals surface area contributed by atoms with Crippen molar-refractivity contribution in [2.24, 2.45) is 0 Å². The molecular formula is C13H20ClN3. The van der Waals surface area contributed by atoms with Gasteiger partial charge in [-0.2, -0.15) is 0 Å². The summed E-state index contributed by atoms with van der Waals surface area (Å²) in [6.07, 6.45) is 11.6. The van der Waals surface area contributed by atoms with E-state index in [2.05, 4.69) is 21.9 Å². The lowest BCUT2D eigenvalue weighted by molar-refractivity contribution is 0.548. The van der Waals surface area contributed by atoms with Gasteiger partial charge in [0.1, 0.15) is 5.82 Å². The monoisotopic (exact) mass is 253 g/mol. The SMILES string of the molecule is CN(c1cnc(CCl)cn1)C1CCCCCC1. The van der Waals surface area contributed by atoms with Gasteiger partial charge in [-0.1, -0.05) is 25.7 Å². The molecule has 0 N–H and O–H groups in total. The molecule has 1 aliphatic rings. The molecule has 94 valence electrons. The van der Waals surface area contributed by atoms with Crippen molar-refractivity contribution in [2.45, 2.75) is 50.4 Å². The molecule has 1 fully saturated rings. The first-order chi connectivity index (χ1) is 8.31. The summed E-state index contributed by atoms with van der Waals surface area (Å²) in [5.41, 5.74) is 0.838. The van der Waals surface area contributed by atoms with Gasteiger partial charge in [0.2, 0.25) is 0 Å². The van der Waals surface area contributed by atoms with E-state index in [4.69, 9.17) is 11.6 Å². The molecule has 4 heteroatoms. The molecule has 0 amide bonds. The molecule has 0 radical (unpaired) electrons. The molecule has 0 spiro atoms. The Morgan fingerprint density at radius 2 is 1.88 bits per heavy atom. The second-order valence-corrected chi connectivity index (χ2v) is 5.02. The Balaban J connectivity index is 2.03. The van der Waals surface area contributed by atoms with Crippen LogP contribution in [0.3, 0.4) is 0 Å². The van der Waals surface area contributed by atoms with Gasteiger partial charge in [-0.05, 0) is 12.8 Å². The average Bonchev–Trinajstić information content (AvgIpc) is 2.67. The van der Waals surface area contributed by atoms with Crippen LogP contribution in [-0.4, -0.2) is 23.1 Å². The van der Waals surface area contributed by atoms with E-state index in [1.54, 1.807) is 6.20 Å². The van der Waals surface area contributed by atoms with E-state index < -0.39 is 0 Å². The summed E-state index contributed by atoms with van der Waals surface area (Å²) >= 11 is 5.71. The molecule has 0 atom stereocenters. The van der Waals surface area contributed by atoms with Crippen LogP contribution in [-0.2, 0) is 5.88 Å². The summed E-state index contributed by atoms with van der Waals surface area (Å²) in [5, 5.41) is 0. The van der Waals surface area contributed by atoms with Gasteiger partial charge in [0.05, 0.1) is 24.0 Å². The third-order valence-corrected chi connectivity index (χ3v) is 3.84. The number of halogens is 1. The zero-order valence-corrected chi connectivity index (χ0v) is 11.2. The van der Waals surface area contributed by atoms with Crippen molar-refractivity contribution in [3.8, 4) is 0 Å². The van der Waals surface area contributed by atoms with Crippen molar-refractivity contribution in [1.82, 2.24) is 9.97 Å². The highest BCUT2D eigenvalue weighted by Crippen LogP contribution is 2.23. The summed E-state index contributed by atoms with van der Waals surface area (Å²) < 4.78 is 0. The summed E-state index contributed by atoms with van der Waals surface area (Å²) in [6, 6.07) is 0.619. The predicted molar refractivity (Wildman–Crippen MR) is 71.5 cm³/mol.